The average Bonchev–Trinajstić information content (AvgIpc) is 3.20. The highest BCUT2D eigenvalue weighted by Crippen LogP contribution is 2.35. The molecular weight excluding hydrogens is 434 g/mol. The minimum atomic E-state index is -0.698. The van der Waals surface area contributed by atoms with Crippen molar-refractivity contribution in [2.75, 3.05) is 0 Å². The molecule has 0 spiro atoms. The Bertz CT molecular complexity index is 1250. The third-order valence-electron chi connectivity index (χ3n) is 6.57. The number of nitrogens with zero attached hydrogens (tertiary/aromatic N) is 2. The molecule has 0 bridgehead atoms. The lowest BCUT2D eigenvalue weighted by atomic mass is 9.78. The molecule has 170 valence electrons. The highest BCUT2D eigenvalue weighted by atomic mass is 35.5. The number of hydrogen-bond donors (Lipinski definition) is 2. The van der Waals surface area contributed by atoms with Crippen molar-refractivity contribution >= 4 is 22.8 Å². The molecule has 1 aliphatic rings. The number of aliphatic hydroxyl groups is 1. The molecule has 0 saturated heterocycles. The summed E-state index contributed by atoms with van der Waals surface area (Å²) in [5.74, 6) is 0.221. The number of hydrogen-bond acceptors (Lipinski definition) is 4. The van der Waals surface area contributed by atoms with E-state index < -0.39 is 5.60 Å². The van der Waals surface area contributed by atoms with E-state index in [-0.39, 0.29) is 12.0 Å². The SMILES string of the molecule is CC(C)(O)[C@H]1CCC[C@@H](Oc2nc3nc(-c4ccc(-c5ccccc5)cc4)c(Cl)cc3[nH]2)C1. The van der Waals surface area contributed by atoms with Crippen molar-refractivity contribution in [1.29, 1.82) is 0 Å². The number of nitrogens with one attached hydrogen (secondary N) is 1. The highest BCUT2D eigenvalue weighted by molar-refractivity contribution is 6.33. The molecule has 4 aromatic rings. The minimum Gasteiger partial charge on any atom is -0.461 e. The summed E-state index contributed by atoms with van der Waals surface area (Å²) in [6.07, 6.45) is 3.85. The van der Waals surface area contributed by atoms with Gasteiger partial charge in [-0.2, -0.15) is 4.98 Å². The molecule has 2 aromatic heterocycles. The second-order valence-corrected chi connectivity index (χ2v) is 9.84. The first-order valence-electron chi connectivity index (χ1n) is 11.5. The van der Waals surface area contributed by atoms with E-state index in [1.165, 1.54) is 5.56 Å². The molecule has 0 amide bonds. The second-order valence-electron chi connectivity index (χ2n) is 9.43. The number of aromatic amines is 1. The monoisotopic (exact) mass is 461 g/mol. The largest absolute Gasteiger partial charge is 0.461 e. The van der Waals surface area contributed by atoms with Gasteiger partial charge < -0.3 is 14.8 Å². The normalized spacial score (nSPS) is 19.0. The molecule has 6 heteroatoms. The maximum Gasteiger partial charge on any atom is 0.296 e. The number of benzene rings is 2. The molecule has 1 aliphatic carbocycles. The van der Waals surface area contributed by atoms with E-state index >= 15 is 0 Å². The predicted molar refractivity (Wildman–Crippen MR) is 132 cm³/mol. The topological polar surface area (TPSA) is 71.0 Å². The van der Waals surface area contributed by atoms with E-state index in [1.807, 2.05) is 50.2 Å². The first-order valence-corrected chi connectivity index (χ1v) is 11.9. The van der Waals surface area contributed by atoms with E-state index in [1.54, 1.807) is 0 Å². The molecule has 2 aromatic carbocycles. The number of pyridine rings is 1. The summed E-state index contributed by atoms with van der Waals surface area (Å²) in [6, 6.07) is 20.8. The van der Waals surface area contributed by atoms with Crippen LogP contribution in [0.1, 0.15) is 39.5 Å². The predicted octanol–water partition coefficient (Wildman–Crippen LogP) is 6.65. The summed E-state index contributed by atoms with van der Waals surface area (Å²) in [5, 5.41) is 10.9. The van der Waals surface area contributed by atoms with Gasteiger partial charge in [-0.05, 0) is 62.6 Å². The van der Waals surface area contributed by atoms with Crippen molar-refractivity contribution in [1.82, 2.24) is 15.0 Å². The molecule has 5 nitrogen and oxygen atoms in total. The Balaban J connectivity index is 1.37. The molecule has 0 aliphatic heterocycles. The van der Waals surface area contributed by atoms with Crippen LogP contribution in [0.4, 0.5) is 0 Å². The van der Waals surface area contributed by atoms with Crippen molar-refractivity contribution in [3.63, 3.8) is 0 Å². The van der Waals surface area contributed by atoms with Crippen LogP contribution in [0.15, 0.2) is 60.7 Å². The van der Waals surface area contributed by atoms with Crippen LogP contribution in [0.5, 0.6) is 6.01 Å². The second kappa shape index (κ2) is 8.81. The number of rotatable bonds is 5. The third kappa shape index (κ3) is 4.75. The zero-order chi connectivity index (χ0) is 23.0. The molecule has 5 rings (SSSR count). The Hall–Kier alpha value is -2.89. The average molecular weight is 462 g/mol. The Morgan fingerprint density at radius 3 is 2.39 bits per heavy atom. The fourth-order valence-corrected chi connectivity index (χ4v) is 4.92. The fourth-order valence-electron chi connectivity index (χ4n) is 4.66. The van der Waals surface area contributed by atoms with Gasteiger partial charge in [0, 0.05) is 5.56 Å². The standard InChI is InChI=1S/C27H28ClN3O2/c1-27(2,32)20-9-6-10-21(15-20)33-26-29-23-16-22(28)24(30-25(23)31-26)19-13-11-18(12-14-19)17-7-4-3-5-8-17/h3-5,7-8,11-14,16,20-21,32H,6,9-10,15H2,1-2H3,(H,29,30,31)/t20-,21+/m0/s1. The molecule has 2 atom stereocenters. The molecule has 2 N–H and O–H groups in total. The van der Waals surface area contributed by atoms with Crippen LogP contribution in [-0.2, 0) is 0 Å². The van der Waals surface area contributed by atoms with Crippen molar-refractivity contribution < 1.29 is 9.84 Å². The Morgan fingerprint density at radius 2 is 1.67 bits per heavy atom. The van der Waals surface area contributed by atoms with Gasteiger partial charge >= 0.3 is 0 Å². The van der Waals surface area contributed by atoms with Crippen molar-refractivity contribution in [2.45, 2.75) is 51.2 Å². The molecule has 1 fully saturated rings. The van der Waals surface area contributed by atoms with E-state index in [0.717, 1.165) is 42.3 Å². The lowest BCUT2D eigenvalue weighted by Gasteiger charge is -2.36. The van der Waals surface area contributed by atoms with Crippen LogP contribution in [0.3, 0.4) is 0 Å². The number of fused-ring (bicyclic) bond motifs is 1. The van der Waals surface area contributed by atoms with Gasteiger partial charge in [0.1, 0.15) is 6.10 Å². The van der Waals surface area contributed by atoms with E-state index in [0.29, 0.717) is 22.4 Å². The zero-order valence-electron chi connectivity index (χ0n) is 18.9. The lowest BCUT2D eigenvalue weighted by molar-refractivity contribution is -0.0244. The molecule has 0 radical (unpaired) electrons. The summed E-state index contributed by atoms with van der Waals surface area (Å²) >= 11 is 6.59. The quantitative estimate of drug-likeness (QED) is 0.349. The fraction of sp³-hybridized carbons (Fsp3) is 0.333. The zero-order valence-corrected chi connectivity index (χ0v) is 19.6. The van der Waals surface area contributed by atoms with Gasteiger partial charge in [-0.1, -0.05) is 66.2 Å². The maximum absolute atomic E-state index is 10.4. The van der Waals surface area contributed by atoms with Gasteiger partial charge in [0.25, 0.3) is 6.01 Å². The van der Waals surface area contributed by atoms with Crippen LogP contribution in [0.25, 0.3) is 33.5 Å². The first kappa shape index (κ1) is 21.9. The first-order chi connectivity index (χ1) is 15.9. The van der Waals surface area contributed by atoms with E-state index in [9.17, 15) is 5.11 Å². The summed E-state index contributed by atoms with van der Waals surface area (Å²) in [7, 11) is 0. The van der Waals surface area contributed by atoms with Gasteiger partial charge in [-0.15, -0.1) is 0 Å². The maximum atomic E-state index is 10.4. The van der Waals surface area contributed by atoms with Gasteiger partial charge in [-0.3, -0.25) is 0 Å². The summed E-state index contributed by atoms with van der Waals surface area (Å²) in [5.41, 5.74) is 4.57. The molecule has 33 heavy (non-hydrogen) atoms. The Labute approximate surface area is 198 Å². The third-order valence-corrected chi connectivity index (χ3v) is 6.86. The molecule has 0 unspecified atom stereocenters. The Kier molecular flexibility index (Phi) is 5.85. The lowest BCUT2D eigenvalue weighted by Crippen LogP contribution is -2.38. The minimum absolute atomic E-state index is 0.0243. The number of ether oxygens (including phenoxy) is 1. The van der Waals surface area contributed by atoms with Gasteiger partial charge in [-0.25, -0.2) is 4.98 Å². The van der Waals surface area contributed by atoms with Crippen molar-refractivity contribution in [2.24, 2.45) is 5.92 Å². The van der Waals surface area contributed by atoms with E-state index in [2.05, 4.69) is 34.2 Å². The van der Waals surface area contributed by atoms with Crippen molar-refractivity contribution in [3.05, 3.63) is 65.7 Å². The van der Waals surface area contributed by atoms with Crippen LogP contribution in [0.2, 0.25) is 5.02 Å². The number of imidazole rings is 1. The Morgan fingerprint density at radius 1 is 0.970 bits per heavy atom. The number of aromatic nitrogens is 3. The van der Waals surface area contributed by atoms with Crippen LogP contribution in [0, 0.1) is 5.92 Å². The molecular formula is C27H28ClN3O2. The highest BCUT2D eigenvalue weighted by Gasteiger charge is 2.33. The van der Waals surface area contributed by atoms with Crippen molar-refractivity contribution in [3.8, 4) is 28.4 Å². The van der Waals surface area contributed by atoms with Crippen LogP contribution in [-0.4, -0.2) is 31.8 Å². The van der Waals surface area contributed by atoms with Gasteiger partial charge in [0.2, 0.25) is 0 Å². The number of halogens is 1. The summed E-state index contributed by atoms with van der Waals surface area (Å²) in [6.45, 7) is 3.75. The van der Waals surface area contributed by atoms with Gasteiger partial charge in [0.15, 0.2) is 5.65 Å². The van der Waals surface area contributed by atoms with Gasteiger partial charge in [0.05, 0.1) is 21.8 Å². The molecule has 1 saturated carbocycles. The van der Waals surface area contributed by atoms with Crippen LogP contribution < -0.4 is 4.74 Å². The van der Waals surface area contributed by atoms with Crippen LogP contribution >= 0.6 is 11.6 Å². The van der Waals surface area contributed by atoms with E-state index in [4.69, 9.17) is 21.3 Å². The molecule has 2 heterocycles. The number of H-pyrrole nitrogens is 1. The summed E-state index contributed by atoms with van der Waals surface area (Å²) < 4.78 is 6.16. The summed E-state index contributed by atoms with van der Waals surface area (Å²) in [4.78, 5) is 12.5. The smallest absolute Gasteiger partial charge is 0.296 e.